The highest BCUT2D eigenvalue weighted by atomic mass is 16.5. The molecule has 1 aliphatic rings. The number of hydrogen-bond acceptors (Lipinski definition) is 7. The van der Waals surface area contributed by atoms with Gasteiger partial charge >= 0.3 is 0 Å². The van der Waals surface area contributed by atoms with E-state index in [1.165, 1.54) is 11.1 Å². The van der Waals surface area contributed by atoms with Crippen LogP contribution in [0.25, 0.3) is 10.9 Å². The van der Waals surface area contributed by atoms with Crippen molar-refractivity contribution in [3.63, 3.8) is 0 Å². The van der Waals surface area contributed by atoms with Crippen LogP contribution in [0.5, 0.6) is 11.5 Å². The van der Waals surface area contributed by atoms with Crippen molar-refractivity contribution in [3.8, 4) is 23.6 Å². The first-order valence-corrected chi connectivity index (χ1v) is 13.1. The van der Waals surface area contributed by atoms with Crippen molar-refractivity contribution in [3.05, 3.63) is 95.7 Å². The molecule has 2 atom stereocenters. The standard InChI is InChI=1S/C31H31N5O3/c32-13-18-38-27-11-9-24(10-12-27)31(23-5-2-1-3-6-23)36-16-14-35(15-17-36)21-26(37)22-39-30-8-4-7-29-28(30)19-25(20-33)34-29/h1-12,19,26,31,34,37H,14-18,21-22H2. The molecule has 0 radical (unpaired) electrons. The van der Waals surface area contributed by atoms with Crippen LogP contribution in [0.2, 0.25) is 0 Å². The second-order valence-electron chi connectivity index (χ2n) is 9.64. The lowest BCUT2D eigenvalue weighted by Crippen LogP contribution is -2.50. The van der Waals surface area contributed by atoms with E-state index < -0.39 is 6.10 Å². The number of fused-ring (bicyclic) bond motifs is 1. The summed E-state index contributed by atoms with van der Waals surface area (Å²) < 4.78 is 11.4. The fourth-order valence-corrected chi connectivity index (χ4v) is 5.17. The van der Waals surface area contributed by atoms with Crippen molar-refractivity contribution in [1.82, 2.24) is 14.8 Å². The van der Waals surface area contributed by atoms with Gasteiger partial charge in [0.05, 0.1) is 11.6 Å². The second kappa shape index (κ2) is 12.5. The molecule has 0 bridgehead atoms. The van der Waals surface area contributed by atoms with Crippen LogP contribution < -0.4 is 9.47 Å². The number of aliphatic hydroxyl groups excluding tert-OH is 1. The van der Waals surface area contributed by atoms with E-state index in [1.807, 2.05) is 42.5 Å². The van der Waals surface area contributed by atoms with E-state index in [0.29, 0.717) is 23.7 Å². The number of rotatable bonds is 10. The Morgan fingerprint density at radius 3 is 2.33 bits per heavy atom. The fraction of sp³-hybridized carbons (Fsp3) is 0.290. The third-order valence-corrected chi connectivity index (χ3v) is 7.03. The molecule has 8 nitrogen and oxygen atoms in total. The zero-order valence-corrected chi connectivity index (χ0v) is 21.7. The van der Waals surface area contributed by atoms with Gasteiger partial charge in [0.2, 0.25) is 0 Å². The summed E-state index contributed by atoms with van der Waals surface area (Å²) in [5, 5.41) is 29.5. The summed E-state index contributed by atoms with van der Waals surface area (Å²) in [5.74, 6) is 1.34. The first-order chi connectivity index (χ1) is 19.1. The molecule has 198 valence electrons. The number of nitrogens with one attached hydrogen (secondary N) is 1. The molecule has 4 aromatic rings. The maximum atomic E-state index is 10.7. The maximum absolute atomic E-state index is 10.7. The highest BCUT2D eigenvalue weighted by Gasteiger charge is 2.27. The van der Waals surface area contributed by atoms with Crippen LogP contribution in [-0.4, -0.2) is 71.9 Å². The largest absolute Gasteiger partial charge is 0.490 e. The average Bonchev–Trinajstić information content (AvgIpc) is 3.41. The van der Waals surface area contributed by atoms with E-state index in [4.69, 9.17) is 20.0 Å². The van der Waals surface area contributed by atoms with E-state index in [1.54, 1.807) is 6.07 Å². The van der Waals surface area contributed by atoms with Crippen LogP contribution in [0.1, 0.15) is 22.9 Å². The predicted octanol–water partition coefficient (Wildman–Crippen LogP) is 4.09. The number of aliphatic hydroxyl groups is 1. The molecular weight excluding hydrogens is 490 g/mol. The molecule has 0 aliphatic carbocycles. The minimum absolute atomic E-state index is 0.0320. The lowest BCUT2D eigenvalue weighted by atomic mass is 9.96. The third kappa shape index (κ3) is 6.39. The van der Waals surface area contributed by atoms with Gasteiger partial charge in [-0.15, -0.1) is 0 Å². The quantitative estimate of drug-likeness (QED) is 0.324. The zero-order valence-electron chi connectivity index (χ0n) is 21.7. The van der Waals surface area contributed by atoms with E-state index in [0.717, 1.165) is 37.1 Å². The van der Waals surface area contributed by atoms with Gasteiger partial charge in [-0.3, -0.25) is 9.80 Å². The van der Waals surface area contributed by atoms with Gasteiger partial charge in [-0.2, -0.15) is 10.5 Å². The van der Waals surface area contributed by atoms with Crippen LogP contribution >= 0.6 is 0 Å². The van der Waals surface area contributed by atoms with E-state index in [9.17, 15) is 5.11 Å². The number of aromatic nitrogens is 1. The van der Waals surface area contributed by atoms with Gasteiger partial charge in [0.1, 0.15) is 42.0 Å². The van der Waals surface area contributed by atoms with Gasteiger partial charge < -0.3 is 19.6 Å². The van der Waals surface area contributed by atoms with Crippen molar-refractivity contribution >= 4 is 10.9 Å². The normalized spacial score (nSPS) is 15.8. The van der Waals surface area contributed by atoms with Crippen molar-refractivity contribution in [2.75, 3.05) is 45.9 Å². The number of ether oxygens (including phenoxy) is 2. The summed E-state index contributed by atoms with van der Waals surface area (Å²) in [4.78, 5) is 7.80. The molecule has 2 N–H and O–H groups in total. The van der Waals surface area contributed by atoms with E-state index in [-0.39, 0.29) is 19.3 Å². The minimum Gasteiger partial charge on any atom is -0.490 e. The number of aromatic amines is 1. The van der Waals surface area contributed by atoms with Crippen molar-refractivity contribution in [1.29, 1.82) is 10.5 Å². The summed E-state index contributed by atoms with van der Waals surface area (Å²) in [6.07, 6.45) is -0.632. The van der Waals surface area contributed by atoms with Crippen molar-refractivity contribution in [2.24, 2.45) is 0 Å². The van der Waals surface area contributed by atoms with Gasteiger partial charge in [0.25, 0.3) is 0 Å². The van der Waals surface area contributed by atoms with Crippen LogP contribution in [0.15, 0.2) is 78.9 Å². The molecule has 3 aromatic carbocycles. The van der Waals surface area contributed by atoms with Gasteiger partial charge in [-0.25, -0.2) is 0 Å². The summed E-state index contributed by atoms with van der Waals surface area (Å²) in [6.45, 7) is 4.13. The monoisotopic (exact) mass is 521 g/mol. The molecule has 0 amide bonds. The third-order valence-electron chi connectivity index (χ3n) is 7.03. The fourth-order valence-electron chi connectivity index (χ4n) is 5.17. The number of hydrogen-bond donors (Lipinski definition) is 2. The minimum atomic E-state index is -0.632. The summed E-state index contributed by atoms with van der Waals surface area (Å²) in [6, 6.07) is 30.1. The number of benzene rings is 3. The Morgan fingerprint density at radius 1 is 0.872 bits per heavy atom. The number of nitrogens with zero attached hydrogens (tertiary/aromatic N) is 4. The van der Waals surface area contributed by atoms with Crippen molar-refractivity contribution < 1.29 is 14.6 Å². The Hall–Kier alpha value is -4.34. The summed E-state index contributed by atoms with van der Waals surface area (Å²) >= 11 is 0. The van der Waals surface area contributed by atoms with Crippen LogP contribution in [0.3, 0.4) is 0 Å². The van der Waals surface area contributed by atoms with Crippen LogP contribution in [0, 0.1) is 22.7 Å². The predicted molar refractivity (Wildman–Crippen MR) is 148 cm³/mol. The van der Waals surface area contributed by atoms with Gasteiger partial charge in [-0.05, 0) is 41.5 Å². The van der Waals surface area contributed by atoms with Gasteiger partial charge in [-0.1, -0.05) is 48.5 Å². The molecule has 1 fully saturated rings. The zero-order chi connectivity index (χ0) is 27.0. The average molecular weight is 522 g/mol. The number of β-amino-alcohol motifs (C(OH)–C–C–N with tert-alkyl or cyclic N) is 1. The lowest BCUT2D eigenvalue weighted by molar-refractivity contribution is 0.0404. The SMILES string of the molecule is N#CCOc1ccc(C(c2ccccc2)N2CCN(CC(O)COc3cccc4[nH]c(C#N)cc34)CC2)cc1. The first-order valence-electron chi connectivity index (χ1n) is 13.1. The molecule has 5 rings (SSSR count). The van der Waals surface area contributed by atoms with Crippen molar-refractivity contribution in [2.45, 2.75) is 12.1 Å². The van der Waals surface area contributed by atoms with Crippen LogP contribution in [-0.2, 0) is 0 Å². The maximum Gasteiger partial charge on any atom is 0.174 e. The Bertz CT molecular complexity index is 1450. The van der Waals surface area contributed by atoms with Gasteiger partial charge in [0, 0.05) is 38.1 Å². The Morgan fingerprint density at radius 2 is 1.62 bits per heavy atom. The molecule has 39 heavy (non-hydrogen) atoms. The molecule has 2 unspecified atom stereocenters. The Labute approximate surface area is 228 Å². The number of H-pyrrole nitrogens is 1. The second-order valence-corrected chi connectivity index (χ2v) is 9.64. The molecule has 1 aromatic heterocycles. The van der Waals surface area contributed by atoms with E-state index >= 15 is 0 Å². The molecule has 1 saturated heterocycles. The molecule has 2 heterocycles. The summed E-state index contributed by atoms with van der Waals surface area (Å²) in [7, 11) is 0. The Balaban J connectivity index is 1.18. The molecule has 0 saturated carbocycles. The summed E-state index contributed by atoms with van der Waals surface area (Å²) in [5.41, 5.74) is 3.72. The number of piperazine rings is 1. The first kappa shape index (κ1) is 26.3. The molecule has 8 heteroatoms. The Kier molecular flexibility index (Phi) is 8.40. The topological polar surface area (TPSA) is 109 Å². The highest BCUT2D eigenvalue weighted by Crippen LogP contribution is 2.31. The number of nitriles is 2. The highest BCUT2D eigenvalue weighted by molar-refractivity contribution is 5.87. The smallest absolute Gasteiger partial charge is 0.174 e. The van der Waals surface area contributed by atoms with E-state index in [2.05, 4.69) is 57.3 Å². The molecule has 0 spiro atoms. The van der Waals surface area contributed by atoms with Crippen LogP contribution in [0.4, 0.5) is 0 Å². The molecule has 1 aliphatic heterocycles. The molecular formula is C31H31N5O3. The lowest BCUT2D eigenvalue weighted by Gasteiger charge is -2.40. The van der Waals surface area contributed by atoms with Gasteiger partial charge in [0.15, 0.2) is 6.61 Å².